The molecule has 1 aromatic carbocycles. The third-order valence-electron chi connectivity index (χ3n) is 4.51. The van der Waals surface area contributed by atoms with E-state index in [9.17, 15) is 4.79 Å². The van der Waals surface area contributed by atoms with E-state index in [-0.39, 0.29) is 24.3 Å². The maximum absolute atomic E-state index is 12.4. The third-order valence-corrected chi connectivity index (χ3v) is 4.51. The normalized spacial score (nSPS) is 12.3. The highest BCUT2D eigenvalue weighted by atomic mass is 16.5. The zero-order valence-corrected chi connectivity index (χ0v) is 15.9. The summed E-state index contributed by atoms with van der Waals surface area (Å²) in [5.74, 6) is 1.61. The number of amides is 1. The molecule has 27 heavy (non-hydrogen) atoms. The molecule has 1 unspecified atom stereocenters. The summed E-state index contributed by atoms with van der Waals surface area (Å²) < 4.78 is 10.4. The number of aryl methyl sites for hydroxylation is 2. The van der Waals surface area contributed by atoms with Crippen molar-refractivity contribution in [3.8, 4) is 11.6 Å². The minimum Gasteiger partial charge on any atom is -0.461 e. The van der Waals surface area contributed by atoms with E-state index in [1.54, 1.807) is 18.4 Å². The molecule has 2 heterocycles. The molecule has 2 aromatic heterocycles. The SMILES string of the molecule is CCc1ccc(C(NC(=O)CCc2nc(-c3ccco3)no2)C(C)C)cc1. The third kappa shape index (κ3) is 4.84. The molecule has 0 aliphatic heterocycles. The Kier molecular flexibility index (Phi) is 6.06. The van der Waals surface area contributed by atoms with Gasteiger partial charge in [-0.15, -0.1) is 0 Å². The van der Waals surface area contributed by atoms with Crippen molar-refractivity contribution in [1.29, 1.82) is 0 Å². The molecule has 1 atom stereocenters. The van der Waals surface area contributed by atoms with E-state index in [0.29, 0.717) is 23.9 Å². The standard InChI is InChI=1S/C21H25N3O3/c1-4-15-7-9-16(10-8-15)20(14(2)3)22-18(25)11-12-19-23-21(24-27-19)17-6-5-13-26-17/h5-10,13-14,20H,4,11-12H2,1-3H3,(H,22,25). The molecule has 3 aromatic rings. The first-order valence-electron chi connectivity index (χ1n) is 9.31. The topological polar surface area (TPSA) is 81.2 Å². The predicted molar refractivity (Wildman–Crippen MR) is 102 cm³/mol. The van der Waals surface area contributed by atoms with E-state index in [0.717, 1.165) is 12.0 Å². The minimum atomic E-state index is -0.0361. The Morgan fingerprint density at radius 2 is 1.96 bits per heavy atom. The van der Waals surface area contributed by atoms with Gasteiger partial charge in [0.2, 0.25) is 17.6 Å². The van der Waals surface area contributed by atoms with E-state index in [1.807, 2.05) is 0 Å². The average Bonchev–Trinajstić information content (AvgIpc) is 3.35. The predicted octanol–water partition coefficient (Wildman–Crippen LogP) is 4.34. The van der Waals surface area contributed by atoms with Crippen molar-refractivity contribution >= 4 is 5.91 Å². The Morgan fingerprint density at radius 1 is 1.19 bits per heavy atom. The van der Waals surface area contributed by atoms with E-state index in [1.165, 1.54) is 5.56 Å². The summed E-state index contributed by atoms with van der Waals surface area (Å²) in [7, 11) is 0. The van der Waals surface area contributed by atoms with Gasteiger partial charge in [0.15, 0.2) is 5.76 Å². The van der Waals surface area contributed by atoms with Crippen molar-refractivity contribution in [3.05, 3.63) is 59.7 Å². The number of hydrogen-bond donors (Lipinski definition) is 1. The number of aromatic nitrogens is 2. The van der Waals surface area contributed by atoms with Gasteiger partial charge in [-0.1, -0.05) is 50.2 Å². The molecule has 6 nitrogen and oxygen atoms in total. The number of nitrogens with zero attached hydrogens (tertiary/aromatic N) is 2. The zero-order chi connectivity index (χ0) is 19.2. The van der Waals surface area contributed by atoms with Crippen molar-refractivity contribution < 1.29 is 13.7 Å². The second kappa shape index (κ2) is 8.66. The molecular weight excluding hydrogens is 342 g/mol. The molecule has 0 bridgehead atoms. The van der Waals surface area contributed by atoms with Crippen LogP contribution in [-0.2, 0) is 17.6 Å². The maximum Gasteiger partial charge on any atom is 0.238 e. The highest BCUT2D eigenvalue weighted by Gasteiger charge is 2.19. The molecule has 1 N–H and O–H groups in total. The van der Waals surface area contributed by atoms with E-state index in [2.05, 4.69) is 60.5 Å². The van der Waals surface area contributed by atoms with Crippen LogP contribution in [0.2, 0.25) is 0 Å². The molecule has 6 heteroatoms. The van der Waals surface area contributed by atoms with Gasteiger partial charge in [-0.2, -0.15) is 4.98 Å². The number of furan rings is 1. The molecule has 0 aliphatic rings. The highest BCUT2D eigenvalue weighted by molar-refractivity contribution is 5.76. The molecule has 0 radical (unpaired) electrons. The summed E-state index contributed by atoms with van der Waals surface area (Å²) in [6, 6.07) is 11.9. The lowest BCUT2D eigenvalue weighted by Crippen LogP contribution is -2.31. The Labute approximate surface area is 159 Å². The molecule has 3 rings (SSSR count). The molecule has 142 valence electrons. The van der Waals surface area contributed by atoms with E-state index >= 15 is 0 Å². The fourth-order valence-corrected chi connectivity index (χ4v) is 2.92. The van der Waals surface area contributed by atoms with Crippen LogP contribution in [0.1, 0.15) is 50.3 Å². The van der Waals surface area contributed by atoms with Gasteiger partial charge in [-0.05, 0) is 35.6 Å². The molecule has 1 amide bonds. The van der Waals surface area contributed by atoms with Gasteiger partial charge in [0.05, 0.1) is 12.3 Å². The maximum atomic E-state index is 12.4. The first-order chi connectivity index (χ1) is 13.1. The second-order valence-electron chi connectivity index (χ2n) is 6.87. The Hall–Kier alpha value is -2.89. The van der Waals surface area contributed by atoms with E-state index in [4.69, 9.17) is 8.94 Å². The first kappa shape index (κ1) is 18.9. The molecule has 0 spiro atoms. The lowest BCUT2D eigenvalue weighted by Gasteiger charge is -2.23. The number of nitrogens with one attached hydrogen (secondary N) is 1. The van der Waals surface area contributed by atoms with Crippen molar-refractivity contribution in [2.75, 3.05) is 0 Å². The number of carbonyl (C=O) groups excluding carboxylic acids is 1. The van der Waals surface area contributed by atoms with Crippen LogP contribution < -0.4 is 5.32 Å². The zero-order valence-electron chi connectivity index (χ0n) is 15.9. The minimum absolute atomic E-state index is 0.0234. The van der Waals surface area contributed by atoms with Gasteiger partial charge in [-0.25, -0.2) is 0 Å². The monoisotopic (exact) mass is 367 g/mol. The summed E-state index contributed by atoms with van der Waals surface area (Å²) in [5.41, 5.74) is 2.41. The molecule has 0 aliphatic carbocycles. The van der Waals surface area contributed by atoms with Gasteiger partial charge in [-0.3, -0.25) is 4.79 Å². The fraction of sp³-hybridized carbons (Fsp3) is 0.381. The van der Waals surface area contributed by atoms with Crippen molar-refractivity contribution in [2.45, 2.75) is 46.1 Å². The van der Waals surface area contributed by atoms with Crippen LogP contribution in [0.5, 0.6) is 0 Å². The number of hydrogen-bond acceptors (Lipinski definition) is 5. The van der Waals surface area contributed by atoms with E-state index < -0.39 is 0 Å². The average molecular weight is 367 g/mol. The van der Waals surface area contributed by atoms with Crippen molar-refractivity contribution in [2.24, 2.45) is 5.92 Å². The highest BCUT2D eigenvalue weighted by Crippen LogP contribution is 2.23. The van der Waals surface area contributed by atoms with Gasteiger partial charge >= 0.3 is 0 Å². The van der Waals surface area contributed by atoms with Crippen LogP contribution in [0.4, 0.5) is 0 Å². The lowest BCUT2D eigenvalue weighted by molar-refractivity contribution is -0.122. The Balaban J connectivity index is 1.58. The molecular formula is C21H25N3O3. The molecule has 0 fully saturated rings. The summed E-state index contributed by atoms with van der Waals surface area (Å²) >= 11 is 0. The summed E-state index contributed by atoms with van der Waals surface area (Å²) in [6.07, 6.45) is 3.23. The van der Waals surface area contributed by atoms with Crippen molar-refractivity contribution in [3.63, 3.8) is 0 Å². The van der Waals surface area contributed by atoms with Crippen LogP contribution in [0.15, 0.2) is 51.6 Å². The fourth-order valence-electron chi connectivity index (χ4n) is 2.92. The quantitative estimate of drug-likeness (QED) is 0.640. The molecule has 0 saturated carbocycles. The van der Waals surface area contributed by atoms with Gasteiger partial charge in [0.25, 0.3) is 0 Å². The number of carbonyl (C=O) groups is 1. The largest absolute Gasteiger partial charge is 0.461 e. The smallest absolute Gasteiger partial charge is 0.238 e. The van der Waals surface area contributed by atoms with Gasteiger partial charge in [0.1, 0.15) is 0 Å². The summed E-state index contributed by atoms with van der Waals surface area (Å²) in [4.78, 5) is 16.7. The Bertz CT molecular complexity index is 851. The van der Waals surface area contributed by atoms with Crippen LogP contribution in [0.3, 0.4) is 0 Å². The first-order valence-corrected chi connectivity index (χ1v) is 9.31. The van der Waals surface area contributed by atoms with Crippen LogP contribution >= 0.6 is 0 Å². The van der Waals surface area contributed by atoms with Crippen molar-refractivity contribution in [1.82, 2.24) is 15.5 Å². The summed E-state index contributed by atoms with van der Waals surface area (Å²) in [6.45, 7) is 6.34. The van der Waals surface area contributed by atoms with Crippen LogP contribution in [-0.4, -0.2) is 16.0 Å². The second-order valence-corrected chi connectivity index (χ2v) is 6.87. The summed E-state index contributed by atoms with van der Waals surface area (Å²) in [5, 5.41) is 7.01. The van der Waals surface area contributed by atoms with Gasteiger partial charge in [0, 0.05) is 12.8 Å². The lowest BCUT2D eigenvalue weighted by atomic mass is 9.94. The van der Waals surface area contributed by atoms with Crippen LogP contribution in [0.25, 0.3) is 11.6 Å². The van der Waals surface area contributed by atoms with Crippen LogP contribution in [0, 0.1) is 5.92 Å². The molecule has 0 saturated heterocycles. The Morgan fingerprint density at radius 3 is 2.59 bits per heavy atom. The van der Waals surface area contributed by atoms with Gasteiger partial charge < -0.3 is 14.3 Å². The number of benzene rings is 1. The number of rotatable bonds is 8.